The maximum absolute atomic E-state index is 11.6. The van der Waals surface area contributed by atoms with E-state index in [0.29, 0.717) is 23.3 Å². The van der Waals surface area contributed by atoms with Gasteiger partial charge in [0.15, 0.2) is 0 Å². The lowest BCUT2D eigenvalue weighted by Gasteiger charge is -2.12. The van der Waals surface area contributed by atoms with Crippen LogP contribution in [0, 0.1) is 6.92 Å². The number of carbonyl (C=O) groups is 1. The summed E-state index contributed by atoms with van der Waals surface area (Å²) in [6.45, 7) is 6.39. The van der Waals surface area contributed by atoms with Crippen LogP contribution in [0.15, 0.2) is 18.2 Å². The predicted octanol–water partition coefficient (Wildman–Crippen LogP) is 2.98. The summed E-state index contributed by atoms with van der Waals surface area (Å²) < 4.78 is 0. The van der Waals surface area contributed by atoms with Crippen molar-refractivity contribution in [1.29, 1.82) is 0 Å². The Balaban J connectivity index is 2.50. The summed E-state index contributed by atoms with van der Waals surface area (Å²) in [4.78, 5) is 11.6. The quantitative estimate of drug-likeness (QED) is 0.848. The molecule has 3 nitrogen and oxygen atoms in total. The van der Waals surface area contributed by atoms with Crippen molar-refractivity contribution in [3.63, 3.8) is 0 Å². The van der Waals surface area contributed by atoms with Crippen molar-refractivity contribution in [2.75, 3.05) is 11.9 Å². The van der Waals surface area contributed by atoms with Crippen LogP contribution in [0.2, 0.25) is 5.02 Å². The van der Waals surface area contributed by atoms with Crippen LogP contribution in [-0.2, 0) is 4.79 Å². The summed E-state index contributed by atoms with van der Waals surface area (Å²) in [5.74, 6) is -0.0731. The zero-order valence-corrected chi connectivity index (χ0v) is 11.3. The van der Waals surface area contributed by atoms with E-state index >= 15 is 0 Å². The van der Waals surface area contributed by atoms with Gasteiger partial charge in [0.2, 0.25) is 5.91 Å². The number of aryl methyl sites for hydroxylation is 1. The van der Waals surface area contributed by atoms with Crippen LogP contribution in [0.4, 0.5) is 5.69 Å². The first-order valence-electron chi connectivity index (χ1n) is 5.82. The van der Waals surface area contributed by atoms with Gasteiger partial charge in [-0.25, -0.2) is 0 Å². The number of nitrogens with one attached hydrogen (secondary N) is 2. The van der Waals surface area contributed by atoms with Gasteiger partial charge in [-0.15, -0.1) is 0 Å². The fourth-order valence-electron chi connectivity index (χ4n) is 1.33. The molecule has 1 unspecified atom stereocenters. The fraction of sp³-hybridized carbons (Fsp3) is 0.462. The van der Waals surface area contributed by atoms with Crippen LogP contribution in [-0.4, -0.2) is 18.5 Å². The molecule has 2 N–H and O–H groups in total. The molecule has 1 amide bonds. The molecule has 1 aromatic carbocycles. The number of rotatable bonds is 5. The van der Waals surface area contributed by atoms with Crippen LogP contribution in [0.5, 0.6) is 0 Å². The van der Waals surface area contributed by atoms with Gasteiger partial charge in [-0.2, -0.15) is 0 Å². The molecule has 1 rings (SSSR count). The molecule has 0 heterocycles. The number of hydrogen-bond donors (Lipinski definition) is 2. The predicted molar refractivity (Wildman–Crippen MR) is 72.6 cm³/mol. The van der Waals surface area contributed by atoms with Crippen molar-refractivity contribution in [3.8, 4) is 0 Å². The van der Waals surface area contributed by atoms with Crippen molar-refractivity contribution >= 4 is 23.2 Å². The van der Waals surface area contributed by atoms with Gasteiger partial charge in [0.1, 0.15) is 0 Å². The van der Waals surface area contributed by atoms with Gasteiger partial charge in [-0.1, -0.05) is 24.6 Å². The lowest BCUT2D eigenvalue weighted by Crippen LogP contribution is -2.34. The number of hydrogen-bond acceptors (Lipinski definition) is 2. The monoisotopic (exact) mass is 254 g/mol. The Morgan fingerprint density at radius 1 is 1.47 bits per heavy atom. The molecule has 0 aromatic heterocycles. The van der Waals surface area contributed by atoms with Gasteiger partial charge in [-0.05, 0) is 38.0 Å². The molecule has 0 radical (unpaired) electrons. The van der Waals surface area contributed by atoms with E-state index in [1.165, 1.54) is 0 Å². The topological polar surface area (TPSA) is 41.1 Å². The normalized spacial score (nSPS) is 12.2. The zero-order chi connectivity index (χ0) is 12.8. The SMILES string of the molecule is CCC(C)NCC(=O)Nc1ccc(C)cc1Cl. The summed E-state index contributed by atoms with van der Waals surface area (Å²) >= 11 is 6.03. The lowest BCUT2D eigenvalue weighted by atomic mass is 10.2. The minimum atomic E-state index is -0.0731. The Morgan fingerprint density at radius 3 is 2.76 bits per heavy atom. The molecule has 0 fully saturated rings. The molecule has 0 saturated heterocycles. The highest BCUT2D eigenvalue weighted by Gasteiger charge is 2.06. The van der Waals surface area contributed by atoms with Gasteiger partial charge < -0.3 is 10.6 Å². The second-order valence-corrected chi connectivity index (χ2v) is 4.63. The van der Waals surface area contributed by atoms with Crippen molar-refractivity contribution < 1.29 is 4.79 Å². The minimum Gasteiger partial charge on any atom is -0.324 e. The van der Waals surface area contributed by atoms with Crippen LogP contribution >= 0.6 is 11.6 Å². The highest BCUT2D eigenvalue weighted by Crippen LogP contribution is 2.22. The first-order valence-corrected chi connectivity index (χ1v) is 6.20. The Bertz CT molecular complexity index is 393. The maximum Gasteiger partial charge on any atom is 0.238 e. The molecule has 1 aromatic rings. The second-order valence-electron chi connectivity index (χ2n) is 4.22. The summed E-state index contributed by atoms with van der Waals surface area (Å²) in [5, 5.41) is 6.48. The summed E-state index contributed by atoms with van der Waals surface area (Å²) in [6, 6.07) is 5.91. The van der Waals surface area contributed by atoms with E-state index in [0.717, 1.165) is 12.0 Å². The van der Waals surface area contributed by atoms with Crippen molar-refractivity contribution in [1.82, 2.24) is 5.32 Å². The largest absolute Gasteiger partial charge is 0.324 e. The lowest BCUT2D eigenvalue weighted by molar-refractivity contribution is -0.115. The first kappa shape index (κ1) is 14.0. The second kappa shape index (κ2) is 6.62. The molecule has 0 aliphatic rings. The van der Waals surface area contributed by atoms with E-state index in [4.69, 9.17) is 11.6 Å². The Morgan fingerprint density at radius 2 is 2.18 bits per heavy atom. The van der Waals surface area contributed by atoms with Gasteiger partial charge in [0.05, 0.1) is 17.3 Å². The number of halogens is 1. The minimum absolute atomic E-state index is 0.0731. The summed E-state index contributed by atoms with van der Waals surface area (Å²) in [7, 11) is 0. The zero-order valence-electron chi connectivity index (χ0n) is 10.5. The standard InChI is InChI=1S/C13H19ClN2O/c1-4-10(3)15-8-13(17)16-12-6-5-9(2)7-11(12)14/h5-7,10,15H,4,8H2,1-3H3,(H,16,17). The average molecular weight is 255 g/mol. The van der Waals surface area contributed by atoms with Crippen LogP contribution < -0.4 is 10.6 Å². The summed E-state index contributed by atoms with van der Waals surface area (Å²) in [5.41, 5.74) is 1.74. The van der Waals surface area contributed by atoms with Crippen molar-refractivity contribution in [2.24, 2.45) is 0 Å². The molecule has 94 valence electrons. The molecular weight excluding hydrogens is 236 g/mol. The van der Waals surface area contributed by atoms with E-state index < -0.39 is 0 Å². The summed E-state index contributed by atoms with van der Waals surface area (Å²) in [6.07, 6.45) is 0.999. The third-order valence-electron chi connectivity index (χ3n) is 2.62. The Labute approximate surface area is 108 Å². The van der Waals surface area contributed by atoms with Gasteiger partial charge in [-0.3, -0.25) is 4.79 Å². The number of benzene rings is 1. The van der Waals surface area contributed by atoms with Gasteiger partial charge >= 0.3 is 0 Å². The highest BCUT2D eigenvalue weighted by atomic mass is 35.5. The molecular formula is C13H19ClN2O. The highest BCUT2D eigenvalue weighted by molar-refractivity contribution is 6.33. The Hall–Kier alpha value is -1.06. The molecule has 1 atom stereocenters. The molecule has 4 heteroatoms. The van der Waals surface area contributed by atoms with E-state index in [-0.39, 0.29) is 5.91 Å². The third-order valence-corrected chi connectivity index (χ3v) is 2.93. The van der Waals surface area contributed by atoms with E-state index in [1.54, 1.807) is 0 Å². The number of carbonyl (C=O) groups excluding carboxylic acids is 1. The van der Waals surface area contributed by atoms with E-state index in [2.05, 4.69) is 17.6 Å². The van der Waals surface area contributed by atoms with E-state index in [9.17, 15) is 4.79 Å². The van der Waals surface area contributed by atoms with Crippen LogP contribution in [0.3, 0.4) is 0 Å². The van der Waals surface area contributed by atoms with Gasteiger partial charge in [0, 0.05) is 6.04 Å². The molecule has 0 saturated carbocycles. The molecule has 0 aliphatic heterocycles. The third kappa shape index (κ3) is 4.75. The van der Waals surface area contributed by atoms with Gasteiger partial charge in [0.25, 0.3) is 0 Å². The average Bonchev–Trinajstić information content (AvgIpc) is 2.29. The van der Waals surface area contributed by atoms with Crippen LogP contribution in [0.1, 0.15) is 25.8 Å². The smallest absolute Gasteiger partial charge is 0.238 e. The maximum atomic E-state index is 11.6. The molecule has 0 aliphatic carbocycles. The Kier molecular flexibility index (Phi) is 5.45. The molecule has 0 spiro atoms. The molecule has 17 heavy (non-hydrogen) atoms. The van der Waals surface area contributed by atoms with Crippen molar-refractivity contribution in [3.05, 3.63) is 28.8 Å². The first-order chi connectivity index (χ1) is 8.02. The fourth-order valence-corrected chi connectivity index (χ4v) is 1.61. The number of amides is 1. The van der Waals surface area contributed by atoms with Crippen molar-refractivity contribution in [2.45, 2.75) is 33.2 Å². The molecule has 0 bridgehead atoms. The number of anilines is 1. The van der Waals surface area contributed by atoms with Crippen LogP contribution in [0.25, 0.3) is 0 Å². The van der Waals surface area contributed by atoms with E-state index in [1.807, 2.05) is 32.0 Å².